The van der Waals surface area contributed by atoms with Crippen LogP contribution in [0, 0.1) is 6.92 Å². The Morgan fingerprint density at radius 1 is 1.35 bits per heavy atom. The molecule has 0 radical (unpaired) electrons. The monoisotopic (exact) mass is 356 g/mol. The molecule has 1 aromatic carbocycles. The van der Waals surface area contributed by atoms with Gasteiger partial charge >= 0.3 is 0 Å². The van der Waals surface area contributed by atoms with E-state index in [9.17, 15) is 9.59 Å². The van der Waals surface area contributed by atoms with Gasteiger partial charge in [-0.3, -0.25) is 9.59 Å². The number of carbonyl (C=O) groups is 1. The van der Waals surface area contributed by atoms with E-state index in [2.05, 4.69) is 13.8 Å². The van der Waals surface area contributed by atoms with E-state index in [4.69, 9.17) is 4.74 Å². The molecule has 0 N–H and O–H groups in total. The fourth-order valence-electron chi connectivity index (χ4n) is 3.99. The molecule has 1 aliphatic rings. The van der Waals surface area contributed by atoms with Crippen molar-refractivity contribution >= 4 is 16.8 Å². The van der Waals surface area contributed by atoms with Crippen LogP contribution in [0.4, 0.5) is 0 Å². The van der Waals surface area contributed by atoms with E-state index in [0.29, 0.717) is 18.5 Å². The Morgan fingerprint density at radius 2 is 2.08 bits per heavy atom. The molecule has 1 unspecified atom stereocenters. The normalized spacial score (nSPS) is 19.5. The molecule has 0 bridgehead atoms. The summed E-state index contributed by atoms with van der Waals surface area (Å²) in [4.78, 5) is 27.3. The lowest BCUT2D eigenvalue weighted by molar-refractivity contribution is -0.140. The minimum absolute atomic E-state index is 0.000301. The van der Waals surface area contributed by atoms with Crippen LogP contribution in [-0.4, -0.2) is 40.2 Å². The molecule has 2 aromatic rings. The highest BCUT2D eigenvalue weighted by Crippen LogP contribution is 2.27. The van der Waals surface area contributed by atoms with Crippen LogP contribution >= 0.6 is 0 Å². The van der Waals surface area contributed by atoms with Crippen molar-refractivity contribution in [3.05, 3.63) is 46.2 Å². The third kappa shape index (κ3) is 3.68. The van der Waals surface area contributed by atoms with Gasteiger partial charge in [-0.15, -0.1) is 0 Å². The predicted octanol–water partition coefficient (Wildman–Crippen LogP) is 3.12. The Hall–Kier alpha value is -2.14. The molecule has 1 aromatic heterocycles. The van der Waals surface area contributed by atoms with Crippen LogP contribution in [0.1, 0.15) is 39.3 Å². The van der Waals surface area contributed by atoms with Crippen molar-refractivity contribution in [2.24, 2.45) is 0 Å². The second kappa shape index (κ2) is 7.23. The summed E-state index contributed by atoms with van der Waals surface area (Å²) in [5, 5.41) is 0.654. The minimum Gasteiger partial charge on any atom is -0.375 e. The zero-order valence-corrected chi connectivity index (χ0v) is 16.1. The Morgan fingerprint density at radius 3 is 2.77 bits per heavy atom. The molecule has 1 saturated heterocycles. The zero-order valence-electron chi connectivity index (χ0n) is 16.1. The van der Waals surface area contributed by atoms with E-state index < -0.39 is 0 Å². The van der Waals surface area contributed by atoms with Crippen LogP contribution in [0.15, 0.2) is 35.1 Å². The number of rotatable bonds is 4. The maximum Gasteiger partial charge on any atom is 0.242 e. The highest BCUT2D eigenvalue weighted by molar-refractivity contribution is 5.82. The van der Waals surface area contributed by atoms with Crippen molar-refractivity contribution in [1.29, 1.82) is 0 Å². The first-order valence-electron chi connectivity index (χ1n) is 9.35. The van der Waals surface area contributed by atoms with Gasteiger partial charge in [0.25, 0.3) is 0 Å². The van der Waals surface area contributed by atoms with Crippen LogP contribution in [-0.2, 0) is 16.1 Å². The Bertz CT molecular complexity index is 869. The first-order chi connectivity index (χ1) is 12.3. The average molecular weight is 356 g/mol. The lowest BCUT2D eigenvalue weighted by Gasteiger charge is -2.41. The number of hydrogen-bond acceptors (Lipinski definition) is 3. The second-order valence-corrected chi connectivity index (χ2v) is 7.69. The smallest absolute Gasteiger partial charge is 0.242 e. The van der Waals surface area contributed by atoms with E-state index in [0.717, 1.165) is 24.1 Å². The van der Waals surface area contributed by atoms with Crippen molar-refractivity contribution in [2.45, 2.75) is 58.7 Å². The number of aromatic nitrogens is 1. The number of benzene rings is 1. The fourth-order valence-corrected chi connectivity index (χ4v) is 3.99. The van der Waals surface area contributed by atoms with Crippen LogP contribution in [0.25, 0.3) is 10.9 Å². The number of carbonyl (C=O) groups excluding carboxylic acids is 1. The molecule has 1 fully saturated rings. The first-order valence-corrected chi connectivity index (χ1v) is 9.35. The van der Waals surface area contributed by atoms with Crippen LogP contribution in [0.3, 0.4) is 0 Å². The lowest BCUT2D eigenvalue weighted by atomic mass is 9.92. The highest BCUT2D eigenvalue weighted by atomic mass is 16.5. The first kappa shape index (κ1) is 18.6. The summed E-state index contributed by atoms with van der Waals surface area (Å²) in [6.07, 6.45) is 1.71. The molecule has 1 amide bonds. The van der Waals surface area contributed by atoms with Gasteiger partial charge in [-0.2, -0.15) is 0 Å². The molecular formula is C21H28N2O3. The molecule has 5 nitrogen and oxygen atoms in total. The number of fused-ring (bicyclic) bond motifs is 1. The van der Waals surface area contributed by atoms with Crippen LogP contribution in [0.2, 0.25) is 0 Å². The van der Waals surface area contributed by atoms with Gasteiger partial charge in [0.05, 0.1) is 11.1 Å². The summed E-state index contributed by atoms with van der Waals surface area (Å²) in [5.74, 6) is 0.0899. The van der Waals surface area contributed by atoms with Gasteiger partial charge in [0.15, 0.2) is 5.43 Å². The number of aryl methyl sites for hydroxylation is 1. The van der Waals surface area contributed by atoms with Gasteiger partial charge in [0, 0.05) is 36.3 Å². The number of hydrogen-bond donors (Lipinski definition) is 0. The van der Waals surface area contributed by atoms with Crippen molar-refractivity contribution in [2.75, 3.05) is 13.2 Å². The fraction of sp³-hybridized carbons (Fsp3) is 0.524. The van der Waals surface area contributed by atoms with Crippen molar-refractivity contribution < 1.29 is 9.53 Å². The number of para-hydroxylation sites is 1. The second-order valence-electron chi connectivity index (χ2n) is 7.69. The largest absolute Gasteiger partial charge is 0.375 e. The molecule has 0 aliphatic carbocycles. The molecule has 0 saturated carbocycles. The van der Waals surface area contributed by atoms with E-state index in [1.54, 1.807) is 6.07 Å². The van der Waals surface area contributed by atoms with Crippen LogP contribution < -0.4 is 5.43 Å². The molecule has 1 aliphatic heterocycles. The third-order valence-corrected chi connectivity index (χ3v) is 5.29. The molecule has 0 spiro atoms. The van der Waals surface area contributed by atoms with Gasteiger partial charge in [-0.05, 0) is 52.7 Å². The van der Waals surface area contributed by atoms with Gasteiger partial charge in [0.1, 0.15) is 6.54 Å². The quantitative estimate of drug-likeness (QED) is 0.846. The number of amides is 1. The summed E-state index contributed by atoms with van der Waals surface area (Å²) in [6, 6.07) is 9.29. The summed E-state index contributed by atoms with van der Waals surface area (Å²) in [5.41, 5.74) is 1.43. The van der Waals surface area contributed by atoms with Gasteiger partial charge in [-0.1, -0.05) is 12.1 Å². The van der Waals surface area contributed by atoms with E-state index >= 15 is 0 Å². The molecule has 5 heteroatoms. The summed E-state index contributed by atoms with van der Waals surface area (Å²) >= 11 is 0. The Kier molecular flexibility index (Phi) is 5.19. The highest BCUT2D eigenvalue weighted by Gasteiger charge is 2.33. The van der Waals surface area contributed by atoms with Crippen molar-refractivity contribution in [3.63, 3.8) is 0 Å². The minimum atomic E-state index is -0.198. The SMILES string of the molecule is CCN(C(=O)Cn1c(C)cc(=O)c2ccccc21)C1CCOC(C)(C)C1. The third-order valence-electron chi connectivity index (χ3n) is 5.29. The van der Waals surface area contributed by atoms with Gasteiger partial charge < -0.3 is 14.2 Å². The summed E-state index contributed by atoms with van der Waals surface area (Å²) < 4.78 is 7.75. The van der Waals surface area contributed by atoms with E-state index in [1.165, 1.54) is 0 Å². The van der Waals surface area contributed by atoms with Crippen molar-refractivity contribution in [1.82, 2.24) is 9.47 Å². The number of pyridine rings is 1. The molecular weight excluding hydrogens is 328 g/mol. The number of ether oxygens (including phenoxy) is 1. The van der Waals surface area contributed by atoms with Crippen LogP contribution in [0.5, 0.6) is 0 Å². The number of likely N-dealkylation sites (N-methyl/N-ethyl adjacent to an activating group) is 1. The molecule has 3 rings (SSSR count). The average Bonchev–Trinajstić information content (AvgIpc) is 2.58. The molecule has 140 valence electrons. The Balaban J connectivity index is 1.89. The van der Waals surface area contributed by atoms with E-state index in [-0.39, 0.29) is 29.5 Å². The standard InChI is InChI=1S/C21H28N2O3/c1-5-22(16-10-11-26-21(3,4)13-16)20(25)14-23-15(2)12-19(24)17-8-6-7-9-18(17)23/h6-9,12,16H,5,10-11,13-14H2,1-4H3. The van der Waals surface area contributed by atoms with Crippen molar-refractivity contribution in [3.8, 4) is 0 Å². The zero-order chi connectivity index (χ0) is 18.9. The Labute approximate surface area is 154 Å². The van der Waals surface area contributed by atoms with Gasteiger partial charge in [0.2, 0.25) is 5.91 Å². The lowest BCUT2D eigenvalue weighted by Crippen LogP contribution is -2.49. The van der Waals surface area contributed by atoms with Gasteiger partial charge in [-0.25, -0.2) is 0 Å². The summed E-state index contributed by atoms with van der Waals surface area (Å²) in [7, 11) is 0. The topological polar surface area (TPSA) is 51.5 Å². The summed E-state index contributed by atoms with van der Waals surface area (Å²) in [6.45, 7) is 9.68. The molecule has 26 heavy (non-hydrogen) atoms. The molecule has 1 atom stereocenters. The number of nitrogens with zero attached hydrogens (tertiary/aromatic N) is 2. The van der Waals surface area contributed by atoms with E-state index in [1.807, 2.05) is 47.6 Å². The molecule has 2 heterocycles. The maximum absolute atomic E-state index is 13.1. The predicted molar refractivity (Wildman–Crippen MR) is 103 cm³/mol. The maximum atomic E-state index is 13.1.